The van der Waals surface area contributed by atoms with Crippen molar-refractivity contribution in [1.29, 1.82) is 0 Å². The molecule has 2 N–H and O–H groups in total. The van der Waals surface area contributed by atoms with E-state index < -0.39 is 5.97 Å². The van der Waals surface area contributed by atoms with Crippen molar-refractivity contribution in [3.05, 3.63) is 17.7 Å². The predicted octanol–water partition coefficient (Wildman–Crippen LogP) is 0.670. The first-order valence-electron chi connectivity index (χ1n) is 3.01. The van der Waals surface area contributed by atoms with Crippen LogP contribution in [-0.4, -0.2) is 21.0 Å². The van der Waals surface area contributed by atoms with E-state index in [9.17, 15) is 4.79 Å². The lowest BCUT2D eigenvalue weighted by molar-refractivity contribution is 0.0691. The van der Waals surface area contributed by atoms with Crippen molar-refractivity contribution in [3.8, 4) is 0 Å². The number of carbonyl (C=O) groups is 1. The van der Waals surface area contributed by atoms with Crippen molar-refractivity contribution in [1.82, 2.24) is 9.97 Å². The second kappa shape index (κ2) is 2.51. The van der Waals surface area contributed by atoms with Gasteiger partial charge in [0.05, 0.1) is 6.20 Å². The maximum absolute atomic E-state index is 10.3. The van der Waals surface area contributed by atoms with Crippen molar-refractivity contribution in [3.63, 3.8) is 0 Å². The average Bonchev–Trinajstić information content (AvgIpc) is 2.34. The summed E-state index contributed by atoms with van der Waals surface area (Å²) in [6.07, 6.45) is 2.05. The number of aryl methyl sites for hydroxylation is 1. The van der Waals surface area contributed by atoms with Crippen LogP contribution in [-0.2, 0) is 6.42 Å². The smallest absolute Gasteiger partial charge is 0.353 e. The minimum atomic E-state index is -0.966. The van der Waals surface area contributed by atoms with Gasteiger partial charge in [0.25, 0.3) is 0 Å². The quantitative estimate of drug-likeness (QED) is 0.634. The molecular formula is C6H8N2O2. The highest BCUT2D eigenvalue weighted by atomic mass is 16.4. The van der Waals surface area contributed by atoms with Crippen LogP contribution in [0.3, 0.4) is 0 Å². The van der Waals surface area contributed by atoms with Crippen LogP contribution in [0, 0.1) is 0 Å². The summed E-state index contributed by atoms with van der Waals surface area (Å²) in [5, 5.41) is 8.42. The standard InChI is InChI=1S/C6H8N2O2/c1-2-5-7-3-4(8-5)6(9)10/h3H,2H2,1H3,(H,7,8)(H,9,10). The largest absolute Gasteiger partial charge is 0.477 e. The van der Waals surface area contributed by atoms with E-state index in [1.54, 1.807) is 0 Å². The Bertz CT molecular complexity index is 242. The number of hydrogen-bond acceptors (Lipinski definition) is 2. The Hall–Kier alpha value is -1.32. The monoisotopic (exact) mass is 140 g/mol. The van der Waals surface area contributed by atoms with Gasteiger partial charge in [-0.15, -0.1) is 0 Å². The van der Waals surface area contributed by atoms with Gasteiger partial charge in [-0.1, -0.05) is 6.92 Å². The first-order chi connectivity index (χ1) is 4.74. The lowest BCUT2D eigenvalue weighted by Crippen LogP contribution is -1.95. The molecule has 1 rings (SSSR count). The number of nitrogens with zero attached hydrogens (tertiary/aromatic N) is 1. The molecule has 4 nitrogen and oxygen atoms in total. The second-order valence-corrected chi connectivity index (χ2v) is 1.90. The Labute approximate surface area is 57.9 Å². The highest BCUT2D eigenvalue weighted by Crippen LogP contribution is 1.96. The van der Waals surface area contributed by atoms with Gasteiger partial charge in [0, 0.05) is 6.42 Å². The molecule has 0 radical (unpaired) electrons. The molecule has 0 bridgehead atoms. The Balaban J connectivity index is 2.88. The van der Waals surface area contributed by atoms with Crippen molar-refractivity contribution in [2.75, 3.05) is 0 Å². The second-order valence-electron chi connectivity index (χ2n) is 1.90. The van der Waals surface area contributed by atoms with Crippen molar-refractivity contribution in [2.45, 2.75) is 13.3 Å². The maximum atomic E-state index is 10.3. The molecule has 0 atom stereocenters. The number of hydrogen-bond donors (Lipinski definition) is 2. The van der Waals surface area contributed by atoms with Gasteiger partial charge in [-0.05, 0) is 0 Å². The Morgan fingerprint density at radius 3 is 2.90 bits per heavy atom. The van der Waals surface area contributed by atoms with E-state index >= 15 is 0 Å². The first kappa shape index (κ1) is 6.80. The number of aromatic nitrogens is 2. The Kier molecular flexibility index (Phi) is 1.71. The minimum Gasteiger partial charge on any atom is -0.477 e. The van der Waals surface area contributed by atoms with Gasteiger partial charge < -0.3 is 10.1 Å². The molecule has 54 valence electrons. The molecule has 0 spiro atoms. The van der Waals surface area contributed by atoms with E-state index in [2.05, 4.69) is 9.97 Å². The topological polar surface area (TPSA) is 66.0 Å². The highest BCUT2D eigenvalue weighted by molar-refractivity contribution is 5.84. The maximum Gasteiger partial charge on any atom is 0.353 e. The molecular weight excluding hydrogens is 132 g/mol. The summed E-state index contributed by atoms with van der Waals surface area (Å²) in [5.41, 5.74) is 0.150. The molecule has 0 saturated heterocycles. The van der Waals surface area contributed by atoms with Crippen LogP contribution >= 0.6 is 0 Å². The van der Waals surface area contributed by atoms with Gasteiger partial charge in [0.1, 0.15) is 11.5 Å². The van der Waals surface area contributed by atoms with E-state index in [4.69, 9.17) is 5.11 Å². The molecule has 0 aliphatic heterocycles. The predicted molar refractivity (Wildman–Crippen MR) is 34.9 cm³/mol. The van der Waals surface area contributed by atoms with Crippen LogP contribution in [0.4, 0.5) is 0 Å². The molecule has 0 aliphatic carbocycles. The summed E-state index contributed by atoms with van der Waals surface area (Å²) < 4.78 is 0. The zero-order chi connectivity index (χ0) is 7.56. The lowest BCUT2D eigenvalue weighted by Gasteiger charge is -1.84. The third kappa shape index (κ3) is 1.15. The third-order valence-corrected chi connectivity index (χ3v) is 1.19. The molecule has 1 aromatic heterocycles. The fourth-order valence-electron chi connectivity index (χ4n) is 0.651. The average molecular weight is 140 g/mol. The van der Waals surface area contributed by atoms with Crippen LogP contribution in [0.5, 0.6) is 0 Å². The molecule has 0 aromatic carbocycles. The SMILES string of the molecule is CCc1ncc(C(=O)O)[nH]1. The number of rotatable bonds is 2. The number of imidazole rings is 1. The van der Waals surface area contributed by atoms with Crippen LogP contribution in [0.2, 0.25) is 0 Å². The van der Waals surface area contributed by atoms with Gasteiger partial charge in [0.15, 0.2) is 0 Å². The molecule has 0 saturated carbocycles. The molecule has 1 aromatic rings. The molecule has 0 amide bonds. The fraction of sp³-hybridized carbons (Fsp3) is 0.333. The molecule has 0 aliphatic rings. The van der Waals surface area contributed by atoms with Crippen LogP contribution < -0.4 is 0 Å². The number of carboxylic acids is 1. The summed E-state index contributed by atoms with van der Waals surface area (Å²) in [6, 6.07) is 0. The first-order valence-corrected chi connectivity index (χ1v) is 3.01. The number of aromatic carboxylic acids is 1. The highest BCUT2D eigenvalue weighted by Gasteiger charge is 2.04. The normalized spacial score (nSPS) is 9.70. The van der Waals surface area contributed by atoms with Crippen molar-refractivity contribution >= 4 is 5.97 Å². The van der Waals surface area contributed by atoms with Gasteiger partial charge in [0.2, 0.25) is 0 Å². The summed E-state index contributed by atoms with van der Waals surface area (Å²) in [4.78, 5) is 16.7. The summed E-state index contributed by atoms with van der Waals surface area (Å²) in [7, 11) is 0. The molecule has 4 heteroatoms. The summed E-state index contributed by atoms with van der Waals surface area (Å²) in [5.74, 6) is -0.260. The number of H-pyrrole nitrogens is 1. The molecule has 0 fully saturated rings. The van der Waals surface area contributed by atoms with E-state index in [-0.39, 0.29) is 5.69 Å². The van der Waals surface area contributed by atoms with Gasteiger partial charge in [-0.25, -0.2) is 9.78 Å². The number of nitrogens with one attached hydrogen (secondary N) is 1. The fourth-order valence-corrected chi connectivity index (χ4v) is 0.651. The minimum absolute atomic E-state index is 0.150. The number of carboxylic acid groups (broad SMARTS) is 1. The van der Waals surface area contributed by atoms with Gasteiger partial charge in [-0.3, -0.25) is 0 Å². The Morgan fingerprint density at radius 2 is 2.60 bits per heavy atom. The van der Waals surface area contributed by atoms with E-state index in [1.165, 1.54) is 6.20 Å². The zero-order valence-electron chi connectivity index (χ0n) is 5.59. The lowest BCUT2D eigenvalue weighted by atomic mass is 10.5. The molecule has 1 heterocycles. The molecule has 10 heavy (non-hydrogen) atoms. The zero-order valence-corrected chi connectivity index (χ0v) is 5.59. The van der Waals surface area contributed by atoms with Crippen molar-refractivity contribution < 1.29 is 9.90 Å². The van der Waals surface area contributed by atoms with Crippen LogP contribution in [0.25, 0.3) is 0 Å². The van der Waals surface area contributed by atoms with E-state index in [0.717, 1.165) is 6.42 Å². The van der Waals surface area contributed by atoms with E-state index in [1.807, 2.05) is 6.92 Å². The van der Waals surface area contributed by atoms with Gasteiger partial charge >= 0.3 is 5.97 Å². The molecule has 0 unspecified atom stereocenters. The van der Waals surface area contributed by atoms with Crippen molar-refractivity contribution in [2.24, 2.45) is 0 Å². The third-order valence-electron chi connectivity index (χ3n) is 1.19. The Morgan fingerprint density at radius 1 is 1.90 bits per heavy atom. The van der Waals surface area contributed by atoms with Gasteiger partial charge in [-0.2, -0.15) is 0 Å². The van der Waals surface area contributed by atoms with Crippen LogP contribution in [0.15, 0.2) is 6.20 Å². The van der Waals surface area contributed by atoms with Crippen LogP contribution in [0.1, 0.15) is 23.2 Å². The number of aromatic amines is 1. The van der Waals surface area contributed by atoms with E-state index in [0.29, 0.717) is 5.82 Å². The summed E-state index contributed by atoms with van der Waals surface area (Å²) >= 11 is 0. The summed E-state index contributed by atoms with van der Waals surface area (Å²) in [6.45, 7) is 1.91.